The SMILES string of the molecule is Nc1ccc2[nH]nc(C(=O)N3CCN(C4CC4)CC3)c2c1. The molecule has 1 aliphatic carbocycles. The number of rotatable bonds is 2. The Bertz CT molecular complexity index is 682. The predicted octanol–water partition coefficient (Wildman–Crippen LogP) is 1.07. The van der Waals surface area contributed by atoms with E-state index in [1.165, 1.54) is 12.8 Å². The number of amides is 1. The van der Waals surface area contributed by atoms with Crippen molar-refractivity contribution in [3.05, 3.63) is 23.9 Å². The van der Waals surface area contributed by atoms with Crippen LogP contribution in [-0.4, -0.2) is 58.1 Å². The molecule has 1 aromatic heterocycles. The number of nitrogens with two attached hydrogens (primary N) is 1. The summed E-state index contributed by atoms with van der Waals surface area (Å²) < 4.78 is 0. The number of carbonyl (C=O) groups is 1. The number of nitrogens with zero attached hydrogens (tertiary/aromatic N) is 3. The summed E-state index contributed by atoms with van der Waals surface area (Å²) >= 11 is 0. The van der Waals surface area contributed by atoms with Gasteiger partial charge in [-0.3, -0.25) is 14.8 Å². The summed E-state index contributed by atoms with van der Waals surface area (Å²) in [6.45, 7) is 3.51. The average molecular weight is 285 g/mol. The summed E-state index contributed by atoms with van der Waals surface area (Å²) in [4.78, 5) is 17.1. The van der Waals surface area contributed by atoms with Gasteiger partial charge in [-0.2, -0.15) is 5.10 Å². The minimum atomic E-state index is 0.00213. The molecule has 4 rings (SSSR count). The van der Waals surface area contributed by atoms with Gasteiger partial charge in [0.1, 0.15) is 0 Å². The highest BCUT2D eigenvalue weighted by molar-refractivity contribution is 6.05. The fraction of sp³-hybridized carbons (Fsp3) is 0.467. The van der Waals surface area contributed by atoms with E-state index in [1.807, 2.05) is 23.1 Å². The van der Waals surface area contributed by atoms with Crippen molar-refractivity contribution in [2.75, 3.05) is 31.9 Å². The van der Waals surface area contributed by atoms with Crippen LogP contribution in [0.4, 0.5) is 5.69 Å². The molecule has 1 aliphatic heterocycles. The maximum atomic E-state index is 12.7. The van der Waals surface area contributed by atoms with Crippen molar-refractivity contribution in [2.24, 2.45) is 0 Å². The van der Waals surface area contributed by atoms with E-state index in [0.29, 0.717) is 11.4 Å². The summed E-state index contributed by atoms with van der Waals surface area (Å²) in [5.41, 5.74) is 7.80. The van der Waals surface area contributed by atoms with Crippen molar-refractivity contribution in [3.63, 3.8) is 0 Å². The van der Waals surface area contributed by atoms with Crippen LogP contribution >= 0.6 is 0 Å². The van der Waals surface area contributed by atoms with Gasteiger partial charge in [0, 0.05) is 43.3 Å². The lowest BCUT2D eigenvalue weighted by Gasteiger charge is -2.34. The van der Waals surface area contributed by atoms with E-state index in [1.54, 1.807) is 0 Å². The van der Waals surface area contributed by atoms with Crippen LogP contribution in [0.5, 0.6) is 0 Å². The number of carbonyl (C=O) groups excluding carboxylic acids is 1. The van der Waals surface area contributed by atoms with E-state index in [-0.39, 0.29) is 5.91 Å². The average Bonchev–Trinajstić information content (AvgIpc) is 3.27. The van der Waals surface area contributed by atoms with E-state index >= 15 is 0 Å². The Labute approximate surface area is 122 Å². The summed E-state index contributed by atoms with van der Waals surface area (Å²) in [5, 5.41) is 7.91. The highest BCUT2D eigenvalue weighted by Crippen LogP contribution is 2.28. The fourth-order valence-electron chi connectivity index (χ4n) is 3.07. The first-order valence-electron chi connectivity index (χ1n) is 7.49. The van der Waals surface area contributed by atoms with Gasteiger partial charge in [0.05, 0.1) is 5.52 Å². The molecule has 0 spiro atoms. The summed E-state index contributed by atoms with van der Waals surface area (Å²) in [7, 11) is 0. The molecule has 2 aromatic rings. The second-order valence-corrected chi connectivity index (χ2v) is 5.94. The van der Waals surface area contributed by atoms with Crippen LogP contribution in [0.25, 0.3) is 10.9 Å². The van der Waals surface area contributed by atoms with Crippen molar-refractivity contribution in [3.8, 4) is 0 Å². The number of fused-ring (bicyclic) bond motifs is 1. The van der Waals surface area contributed by atoms with Crippen LogP contribution in [0.15, 0.2) is 18.2 Å². The largest absolute Gasteiger partial charge is 0.399 e. The standard InChI is InChI=1S/C15H19N5O/c16-10-1-4-13-12(9-10)14(18-17-13)15(21)20-7-5-19(6-8-20)11-2-3-11/h1,4,9,11H,2-3,5-8,16H2,(H,17,18). The molecule has 0 atom stereocenters. The predicted molar refractivity (Wildman–Crippen MR) is 81.0 cm³/mol. The van der Waals surface area contributed by atoms with Crippen LogP contribution in [0.2, 0.25) is 0 Å². The molecule has 110 valence electrons. The third-order valence-electron chi connectivity index (χ3n) is 4.45. The van der Waals surface area contributed by atoms with Crippen molar-refractivity contribution in [2.45, 2.75) is 18.9 Å². The van der Waals surface area contributed by atoms with E-state index in [9.17, 15) is 4.79 Å². The Morgan fingerprint density at radius 2 is 2.00 bits per heavy atom. The van der Waals surface area contributed by atoms with Gasteiger partial charge in [-0.05, 0) is 31.0 Å². The van der Waals surface area contributed by atoms with Crippen LogP contribution in [0.3, 0.4) is 0 Å². The molecule has 6 nitrogen and oxygen atoms in total. The highest BCUT2D eigenvalue weighted by Gasteiger charge is 2.33. The van der Waals surface area contributed by atoms with Gasteiger partial charge in [-0.1, -0.05) is 0 Å². The number of hydrogen-bond acceptors (Lipinski definition) is 4. The summed E-state index contributed by atoms with van der Waals surface area (Å²) in [6, 6.07) is 6.25. The number of H-pyrrole nitrogens is 1. The Kier molecular flexibility index (Phi) is 2.85. The number of nitrogens with one attached hydrogen (secondary N) is 1. The van der Waals surface area contributed by atoms with Gasteiger partial charge in [-0.15, -0.1) is 0 Å². The molecule has 2 fully saturated rings. The lowest BCUT2D eigenvalue weighted by atomic mass is 10.1. The van der Waals surface area contributed by atoms with E-state index < -0.39 is 0 Å². The number of aromatic amines is 1. The third kappa shape index (κ3) is 2.25. The second-order valence-electron chi connectivity index (χ2n) is 5.94. The van der Waals surface area contributed by atoms with Gasteiger partial charge in [0.2, 0.25) is 0 Å². The normalized spacial score (nSPS) is 20.1. The van der Waals surface area contributed by atoms with Crippen molar-refractivity contribution >= 4 is 22.5 Å². The Hall–Kier alpha value is -2.08. The van der Waals surface area contributed by atoms with Crippen LogP contribution in [0, 0.1) is 0 Å². The van der Waals surface area contributed by atoms with E-state index in [2.05, 4.69) is 15.1 Å². The Morgan fingerprint density at radius 3 is 2.71 bits per heavy atom. The van der Waals surface area contributed by atoms with Crippen molar-refractivity contribution in [1.29, 1.82) is 0 Å². The van der Waals surface area contributed by atoms with Crippen LogP contribution in [0.1, 0.15) is 23.3 Å². The maximum Gasteiger partial charge on any atom is 0.275 e. The number of hydrogen-bond donors (Lipinski definition) is 2. The number of anilines is 1. The minimum Gasteiger partial charge on any atom is -0.399 e. The molecule has 2 heterocycles. The minimum absolute atomic E-state index is 0.00213. The van der Waals surface area contributed by atoms with Crippen molar-refractivity contribution < 1.29 is 4.79 Å². The molecule has 6 heteroatoms. The number of nitrogen functional groups attached to an aromatic ring is 1. The van der Waals surface area contributed by atoms with E-state index in [4.69, 9.17) is 5.73 Å². The van der Waals surface area contributed by atoms with Crippen molar-refractivity contribution in [1.82, 2.24) is 20.0 Å². The monoisotopic (exact) mass is 285 g/mol. The first-order chi connectivity index (χ1) is 10.2. The second kappa shape index (κ2) is 4.73. The molecule has 21 heavy (non-hydrogen) atoms. The van der Waals surface area contributed by atoms with E-state index in [0.717, 1.165) is 43.1 Å². The molecule has 0 bridgehead atoms. The highest BCUT2D eigenvalue weighted by atomic mass is 16.2. The maximum absolute atomic E-state index is 12.7. The Balaban J connectivity index is 1.54. The number of benzene rings is 1. The van der Waals surface area contributed by atoms with Gasteiger partial charge >= 0.3 is 0 Å². The van der Waals surface area contributed by atoms with Gasteiger partial charge in [0.15, 0.2) is 5.69 Å². The molecule has 1 aromatic carbocycles. The molecule has 0 unspecified atom stereocenters. The zero-order valence-corrected chi connectivity index (χ0v) is 11.9. The smallest absolute Gasteiger partial charge is 0.275 e. The van der Waals surface area contributed by atoms with Crippen LogP contribution in [-0.2, 0) is 0 Å². The molecule has 1 amide bonds. The molecule has 1 saturated carbocycles. The molecular weight excluding hydrogens is 266 g/mol. The summed E-state index contributed by atoms with van der Waals surface area (Å²) in [6.07, 6.45) is 2.63. The van der Waals surface area contributed by atoms with Gasteiger partial charge in [0.25, 0.3) is 5.91 Å². The molecule has 1 saturated heterocycles. The lowest BCUT2D eigenvalue weighted by molar-refractivity contribution is 0.0623. The molecule has 2 aliphatic rings. The number of aromatic nitrogens is 2. The number of piperazine rings is 1. The topological polar surface area (TPSA) is 78.2 Å². The molecule has 3 N–H and O–H groups in total. The molecular formula is C15H19N5O. The lowest BCUT2D eigenvalue weighted by Crippen LogP contribution is -2.49. The van der Waals surface area contributed by atoms with Crippen LogP contribution < -0.4 is 5.73 Å². The quantitative estimate of drug-likeness (QED) is 0.809. The van der Waals surface area contributed by atoms with Gasteiger partial charge in [-0.25, -0.2) is 0 Å². The summed E-state index contributed by atoms with van der Waals surface area (Å²) in [5.74, 6) is 0.00213. The molecule has 0 radical (unpaired) electrons. The first kappa shape index (κ1) is 12.6. The first-order valence-corrected chi connectivity index (χ1v) is 7.49. The zero-order chi connectivity index (χ0) is 14.4. The van der Waals surface area contributed by atoms with Gasteiger partial charge < -0.3 is 10.6 Å². The third-order valence-corrected chi connectivity index (χ3v) is 4.45. The fourth-order valence-corrected chi connectivity index (χ4v) is 3.07. The Morgan fingerprint density at radius 1 is 1.24 bits per heavy atom. The zero-order valence-electron chi connectivity index (χ0n) is 11.9.